The fourth-order valence-electron chi connectivity index (χ4n) is 3.53. The smallest absolute Gasteiger partial charge is 0.290 e. The van der Waals surface area contributed by atoms with Crippen molar-refractivity contribution in [3.63, 3.8) is 0 Å². The van der Waals surface area contributed by atoms with E-state index in [9.17, 15) is 19.2 Å². The van der Waals surface area contributed by atoms with Crippen LogP contribution in [-0.4, -0.2) is 73.6 Å². The summed E-state index contributed by atoms with van der Waals surface area (Å²) in [6.07, 6.45) is 0.891. The third-order valence-corrected chi connectivity index (χ3v) is 5.24. The molecule has 1 fully saturated rings. The van der Waals surface area contributed by atoms with Crippen molar-refractivity contribution in [1.29, 1.82) is 0 Å². The number of morpholine rings is 1. The Balaban J connectivity index is 2.31. The summed E-state index contributed by atoms with van der Waals surface area (Å²) in [5, 5.41) is 0. The topological polar surface area (TPSA) is 84.0 Å². The van der Waals surface area contributed by atoms with Crippen molar-refractivity contribution in [3.05, 3.63) is 35.9 Å². The van der Waals surface area contributed by atoms with Crippen molar-refractivity contribution >= 4 is 23.4 Å². The van der Waals surface area contributed by atoms with E-state index in [0.717, 1.165) is 5.56 Å². The molecule has 0 saturated carbocycles. The average Bonchev–Trinajstić information content (AvgIpc) is 2.76. The molecule has 0 unspecified atom stereocenters. The molecule has 7 nitrogen and oxygen atoms in total. The van der Waals surface area contributed by atoms with Gasteiger partial charge in [0.15, 0.2) is 0 Å². The van der Waals surface area contributed by atoms with Crippen molar-refractivity contribution in [3.8, 4) is 0 Å². The Labute approximate surface area is 172 Å². The van der Waals surface area contributed by atoms with Crippen molar-refractivity contribution in [2.24, 2.45) is 11.8 Å². The number of ketones is 2. The summed E-state index contributed by atoms with van der Waals surface area (Å²) in [7, 11) is 3.11. The van der Waals surface area contributed by atoms with Crippen LogP contribution in [0.1, 0.15) is 25.3 Å². The second-order valence-electron chi connectivity index (χ2n) is 7.43. The van der Waals surface area contributed by atoms with Gasteiger partial charge in [-0.3, -0.25) is 19.2 Å². The minimum atomic E-state index is -1.14. The van der Waals surface area contributed by atoms with Crippen LogP contribution in [0.15, 0.2) is 30.3 Å². The molecule has 1 saturated heterocycles. The van der Waals surface area contributed by atoms with E-state index in [-0.39, 0.29) is 18.6 Å². The van der Waals surface area contributed by atoms with E-state index in [0.29, 0.717) is 32.7 Å². The minimum Gasteiger partial charge on any atom is -0.378 e. The van der Waals surface area contributed by atoms with Gasteiger partial charge >= 0.3 is 0 Å². The molecule has 0 aromatic heterocycles. The average molecular weight is 402 g/mol. The molecule has 1 aromatic rings. The third-order valence-electron chi connectivity index (χ3n) is 5.24. The fourth-order valence-corrected chi connectivity index (χ4v) is 3.53. The number of aryl methyl sites for hydroxylation is 1. The summed E-state index contributed by atoms with van der Waals surface area (Å²) in [4.78, 5) is 54.3. The maximum absolute atomic E-state index is 13.2. The van der Waals surface area contributed by atoms with Crippen LogP contribution in [0, 0.1) is 11.8 Å². The number of benzene rings is 1. The van der Waals surface area contributed by atoms with Gasteiger partial charge in [0, 0.05) is 39.5 Å². The summed E-state index contributed by atoms with van der Waals surface area (Å²) in [6, 6.07) is 9.54. The van der Waals surface area contributed by atoms with Gasteiger partial charge in [0.1, 0.15) is 11.7 Å². The number of amides is 2. The molecule has 1 aliphatic rings. The molecule has 1 heterocycles. The van der Waals surface area contributed by atoms with E-state index >= 15 is 0 Å². The summed E-state index contributed by atoms with van der Waals surface area (Å²) >= 11 is 0. The first-order chi connectivity index (χ1) is 13.9. The first-order valence-corrected chi connectivity index (χ1v) is 10.1. The van der Waals surface area contributed by atoms with Crippen LogP contribution in [0.3, 0.4) is 0 Å². The lowest BCUT2D eigenvalue weighted by Crippen LogP contribution is -2.49. The van der Waals surface area contributed by atoms with Crippen LogP contribution in [0.25, 0.3) is 0 Å². The lowest BCUT2D eigenvalue weighted by Gasteiger charge is -2.30. The highest BCUT2D eigenvalue weighted by Crippen LogP contribution is 2.25. The van der Waals surface area contributed by atoms with Gasteiger partial charge in [0.25, 0.3) is 5.91 Å². The number of Topliss-reactive ketones (excluding diaryl/α,β-unsaturated/α-hetero) is 2. The zero-order valence-corrected chi connectivity index (χ0v) is 17.4. The molecule has 0 N–H and O–H groups in total. The number of rotatable bonds is 9. The SMILES string of the molecule is CCC(=O)[C@H](C(=O)N(C)C)[C@@H](CCc1ccccc1)C(=O)C(=O)N1CCOCC1. The van der Waals surface area contributed by atoms with E-state index in [4.69, 9.17) is 4.74 Å². The quantitative estimate of drug-likeness (QED) is 0.460. The first-order valence-electron chi connectivity index (χ1n) is 10.1. The fraction of sp³-hybridized carbons (Fsp3) is 0.545. The van der Waals surface area contributed by atoms with Crippen molar-refractivity contribution in [1.82, 2.24) is 9.80 Å². The highest BCUT2D eigenvalue weighted by atomic mass is 16.5. The first kappa shape index (κ1) is 22.7. The Morgan fingerprint density at radius 2 is 1.69 bits per heavy atom. The van der Waals surface area contributed by atoms with Crippen LogP contribution in [0.2, 0.25) is 0 Å². The molecular weight excluding hydrogens is 372 g/mol. The van der Waals surface area contributed by atoms with E-state index in [2.05, 4.69) is 0 Å². The monoisotopic (exact) mass is 402 g/mol. The number of nitrogens with zero attached hydrogens (tertiary/aromatic N) is 2. The number of hydrogen-bond acceptors (Lipinski definition) is 5. The molecule has 2 rings (SSSR count). The molecule has 7 heteroatoms. The normalized spacial score (nSPS) is 16.0. The molecule has 0 radical (unpaired) electrons. The molecule has 29 heavy (non-hydrogen) atoms. The molecule has 158 valence electrons. The number of carbonyl (C=O) groups is 4. The Bertz CT molecular complexity index is 726. The summed E-state index contributed by atoms with van der Waals surface area (Å²) < 4.78 is 5.25. The number of hydrogen-bond donors (Lipinski definition) is 0. The molecule has 1 aliphatic heterocycles. The van der Waals surface area contributed by atoms with Gasteiger partial charge in [-0.2, -0.15) is 0 Å². The van der Waals surface area contributed by atoms with Crippen LogP contribution < -0.4 is 0 Å². The Morgan fingerprint density at radius 3 is 2.24 bits per heavy atom. The van der Waals surface area contributed by atoms with Crippen molar-refractivity contribution in [2.75, 3.05) is 40.4 Å². The number of ether oxygens (including phenoxy) is 1. The van der Waals surface area contributed by atoms with Gasteiger partial charge < -0.3 is 14.5 Å². The predicted octanol–water partition coefficient (Wildman–Crippen LogP) is 1.35. The molecule has 2 atom stereocenters. The molecule has 1 aromatic carbocycles. The molecular formula is C22H30N2O5. The van der Waals surface area contributed by atoms with Crippen LogP contribution in [0.4, 0.5) is 0 Å². The Morgan fingerprint density at radius 1 is 1.07 bits per heavy atom. The summed E-state index contributed by atoms with van der Waals surface area (Å²) in [6.45, 7) is 3.10. The predicted molar refractivity (Wildman–Crippen MR) is 108 cm³/mol. The van der Waals surface area contributed by atoms with E-state index in [1.165, 1.54) is 9.80 Å². The van der Waals surface area contributed by atoms with E-state index < -0.39 is 29.4 Å². The Hall–Kier alpha value is -2.54. The summed E-state index contributed by atoms with van der Waals surface area (Å²) in [5.41, 5.74) is 0.990. The maximum atomic E-state index is 13.2. The van der Waals surface area contributed by atoms with E-state index in [1.54, 1.807) is 21.0 Å². The zero-order chi connectivity index (χ0) is 21.4. The largest absolute Gasteiger partial charge is 0.378 e. The lowest BCUT2D eigenvalue weighted by atomic mass is 9.79. The van der Waals surface area contributed by atoms with Gasteiger partial charge in [0.2, 0.25) is 11.7 Å². The van der Waals surface area contributed by atoms with Gasteiger partial charge in [-0.25, -0.2) is 0 Å². The standard InChI is InChI=1S/C22H30N2O5/c1-4-18(25)19(21(27)23(2)3)17(11-10-16-8-6-5-7-9-16)20(26)22(28)24-12-14-29-15-13-24/h5-9,17,19H,4,10-15H2,1-3H3/t17-,19-/m1/s1. The minimum absolute atomic E-state index is 0.130. The molecule has 0 spiro atoms. The van der Waals surface area contributed by atoms with Crippen LogP contribution >= 0.6 is 0 Å². The Kier molecular flexibility index (Phi) is 8.51. The third kappa shape index (κ3) is 5.97. The van der Waals surface area contributed by atoms with Gasteiger partial charge in [0.05, 0.1) is 13.2 Å². The lowest BCUT2D eigenvalue weighted by molar-refractivity contribution is -0.154. The second-order valence-corrected chi connectivity index (χ2v) is 7.43. The summed E-state index contributed by atoms with van der Waals surface area (Å²) in [5.74, 6) is -4.16. The highest BCUT2D eigenvalue weighted by molar-refractivity contribution is 6.38. The van der Waals surface area contributed by atoms with Crippen LogP contribution in [0.5, 0.6) is 0 Å². The molecule has 2 amide bonds. The van der Waals surface area contributed by atoms with Crippen LogP contribution in [-0.2, 0) is 30.3 Å². The zero-order valence-electron chi connectivity index (χ0n) is 17.4. The van der Waals surface area contributed by atoms with Gasteiger partial charge in [-0.05, 0) is 18.4 Å². The van der Waals surface area contributed by atoms with Crippen molar-refractivity contribution < 1.29 is 23.9 Å². The molecule has 0 aliphatic carbocycles. The van der Waals surface area contributed by atoms with Crippen molar-refractivity contribution in [2.45, 2.75) is 26.2 Å². The van der Waals surface area contributed by atoms with Gasteiger partial charge in [-0.1, -0.05) is 37.3 Å². The second kappa shape index (κ2) is 10.9. The number of carbonyl (C=O) groups excluding carboxylic acids is 4. The maximum Gasteiger partial charge on any atom is 0.290 e. The highest BCUT2D eigenvalue weighted by Gasteiger charge is 2.42. The molecule has 0 bridgehead atoms. The van der Waals surface area contributed by atoms with Gasteiger partial charge in [-0.15, -0.1) is 0 Å². The van der Waals surface area contributed by atoms with E-state index in [1.807, 2.05) is 30.3 Å².